The highest BCUT2D eigenvalue weighted by Crippen LogP contribution is 2.49. The molecule has 2 heteroatoms. The van der Waals surface area contributed by atoms with Crippen LogP contribution >= 0.6 is 0 Å². The van der Waals surface area contributed by atoms with Gasteiger partial charge in [-0.15, -0.1) is 0 Å². The Morgan fingerprint density at radius 2 is 1.85 bits per heavy atom. The summed E-state index contributed by atoms with van der Waals surface area (Å²) < 4.78 is 13.1. The molecule has 1 aromatic carbocycles. The highest BCUT2D eigenvalue weighted by Gasteiger charge is 2.41. The van der Waals surface area contributed by atoms with E-state index in [9.17, 15) is 4.39 Å². The van der Waals surface area contributed by atoms with E-state index in [4.69, 9.17) is 0 Å². The first kappa shape index (κ1) is 15.5. The van der Waals surface area contributed by atoms with E-state index in [2.05, 4.69) is 19.2 Å². The maximum Gasteiger partial charge on any atom is 0.123 e. The first-order chi connectivity index (χ1) is 9.69. The van der Waals surface area contributed by atoms with Gasteiger partial charge in [0.15, 0.2) is 0 Å². The van der Waals surface area contributed by atoms with Gasteiger partial charge in [0.25, 0.3) is 0 Å². The Kier molecular flexibility index (Phi) is 5.59. The molecule has 1 N–H and O–H groups in total. The van der Waals surface area contributed by atoms with Gasteiger partial charge >= 0.3 is 0 Å². The van der Waals surface area contributed by atoms with Crippen molar-refractivity contribution in [2.75, 3.05) is 6.54 Å². The van der Waals surface area contributed by atoms with Crippen molar-refractivity contribution in [3.63, 3.8) is 0 Å². The molecule has 1 aliphatic rings. The van der Waals surface area contributed by atoms with E-state index in [0.29, 0.717) is 11.5 Å². The maximum atomic E-state index is 13.1. The molecule has 1 atom stereocenters. The quantitative estimate of drug-likeness (QED) is 0.652. The Balaban J connectivity index is 1.94. The molecule has 1 aromatic rings. The van der Waals surface area contributed by atoms with E-state index in [1.807, 2.05) is 12.1 Å². The lowest BCUT2D eigenvalue weighted by atomic mass is 9.97. The van der Waals surface area contributed by atoms with Gasteiger partial charge in [-0.2, -0.15) is 0 Å². The summed E-state index contributed by atoms with van der Waals surface area (Å²) in [5.41, 5.74) is 1.80. The largest absolute Gasteiger partial charge is 0.309 e. The Labute approximate surface area is 123 Å². The number of rotatable bonds is 9. The van der Waals surface area contributed by atoms with Crippen LogP contribution in [0, 0.1) is 11.2 Å². The van der Waals surface area contributed by atoms with Gasteiger partial charge < -0.3 is 5.32 Å². The van der Waals surface area contributed by atoms with Crippen molar-refractivity contribution in [2.45, 2.75) is 64.8 Å². The lowest BCUT2D eigenvalue weighted by molar-refractivity contribution is 0.374. The van der Waals surface area contributed by atoms with E-state index in [0.717, 1.165) is 13.0 Å². The second-order valence-electron chi connectivity index (χ2n) is 6.38. The van der Waals surface area contributed by atoms with Crippen LogP contribution in [0.2, 0.25) is 0 Å². The van der Waals surface area contributed by atoms with Crippen LogP contribution < -0.4 is 5.32 Å². The molecular weight excluding hydrogens is 249 g/mol. The van der Waals surface area contributed by atoms with Crippen LogP contribution in [0.5, 0.6) is 0 Å². The van der Waals surface area contributed by atoms with Crippen LogP contribution in [0.1, 0.15) is 70.4 Å². The molecule has 1 fully saturated rings. The summed E-state index contributed by atoms with van der Waals surface area (Å²) in [6.07, 6.45) is 8.93. The number of halogens is 1. The monoisotopic (exact) mass is 277 g/mol. The molecule has 0 aromatic heterocycles. The minimum Gasteiger partial charge on any atom is -0.309 e. The Hall–Kier alpha value is -0.890. The summed E-state index contributed by atoms with van der Waals surface area (Å²) in [4.78, 5) is 0. The number of benzene rings is 1. The average Bonchev–Trinajstić information content (AvgIpc) is 3.21. The molecule has 1 unspecified atom stereocenters. The first-order valence-corrected chi connectivity index (χ1v) is 8.18. The van der Waals surface area contributed by atoms with Crippen LogP contribution in [0.4, 0.5) is 4.39 Å². The number of hydrogen-bond acceptors (Lipinski definition) is 1. The Morgan fingerprint density at radius 1 is 1.15 bits per heavy atom. The van der Waals surface area contributed by atoms with Crippen LogP contribution in [0.25, 0.3) is 0 Å². The standard InChI is InChI=1S/C18H28FN/c1-3-5-6-17(15-7-9-16(19)10-8-15)20-14-18(11-4-2)12-13-18/h7-10,17,20H,3-6,11-14H2,1-2H3. The second kappa shape index (κ2) is 7.21. The Morgan fingerprint density at radius 3 is 2.40 bits per heavy atom. The van der Waals surface area contributed by atoms with Gasteiger partial charge in [-0.1, -0.05) is 45.2 Å². The third-order valence-electron chi connectivity index (χ3n) is 4.58. The zero-order chi connectivity index (χ0) is 14.4. The normalized spacial score (nSPS) is 17.9. The molecule has 0 spiro atoms. The molecule has 20 heavy (non-hydrogen) atoms. The van der Waals surface area contributed by atoms with Crippen molar-refractivity contribution >= 4 is 0 Å². The van der Waals surface area contributed by atoms with Gasteiger partial charge in [0.1, 0.15) is 5.82 Å². The number of unbranched alkanes of at least 4 members (excludes halogenated alkanes) is 1. The van der Waals surface area contributed by atoms with E-state index < -0.39 is 0 Å². The molecule has 0 saturated heterocycles. The van der Waals surface area contributed by atoms with Crippen molar-refractivity contribution < 1.29 is 4.39 Å². The fourth-order valence-corrected chi connectivity index (χ4v) is 3.05. The smallest absolute Gasteiger partial charge is 0.123 e. The predicted octanol–water partition coefficient (Wildman–Crippen LogP) is 5.23. The van der Waals surface area contributed by atoms with Gasteiger partial charge in [-0.25, -0.2) is 4.39 Å². The van der Waals surface area contributed by atoms with Gasteiger partial charge in [0.05, 0.1) is 0 Å². The lowest BCUT2D eigenvalue weighted by Gasteiger charge is -2.23. The minimum absolute atomic E-state index is 0.146. The molecule has 1 nitrogen and oxygen atoms in total. The molecule has 0 radical (unpaired) electrons. The first-order valence-electron chi connectivity index (χ1n) is 8.18. The fourth-order valence-electron chi connectivity index (χ4n) is 3.05. The summed E-state index contributed by atoms with van der Waals surface area (Å²) in [5.74, 6) is -0.146. The molecule has 112 valence electrons. The van der Waals surface area contributed by atoms with Crippen LogP contribution in [0.15, 0.2) is 24.3 Å². The molecule has 1 saturated carbocycles. The van der Waals surface area contributed by atoms with Crippen molar-refractivity contribution in [1.82, 2.24) is 5.32 Å². The number of hydrogen-bond donors (Lipinski definition) is 1. The number of nitrogens with one attached hydrogen (secondary N) is 1. The Bertz CT molecular complexity index is 394. The average molecular weight is 277 g/mol. The van der Waals surface area contributed by atoms with Gasteiger partial charge in [-0.05, 0) is 48.8 Å². The van der Waals surface area contributed by atoms with Crippen molar-refractivity contribution in [1.29, 1.82) is 0 Å². The zero-order valence-electron chi connectivity index (χ0n) is 12.9. The molecule has 2 rings (SSSR count). The summed E-state index contributed by atoms with van der Waals surface area (Å²) >= 11 is 0. The predicted molar refractivity (Wildman–Crippen MR) is 83.2 cm³/mol. The maximum absolute atomic E-state index is 13.1. The van der Waals surface area contributed by atoms with Gasteiger partial charge in [0.2, 0.25) is 0 Å². The highest BCUT2D eigenvalue weighted by atomic mass is 19.1. The van der Waals surface area contributed by atoms with Crippen LogP contribution in [-0.2, 0) is 0 Å². The highest BCUT2D eigenvalue weighted by molar-refractivity contribution is 5.20. The molecular formula is C18H28FN. The minimum atomic E-state index is -0.146. The zero-order valence-corrected chi connectivity index (χ0v) is 12.9. The third kappa shape index (κ3) is 4.31. The fraction of sp³-hybridized carbons (Fsp3) is 0.667. The SMILES string of the molecule is CCCCC(NCC1(CCC)CC1)c1ccc(F)cc1. The van der Waals surface area contributed by atoms with Crippen molar-refractivity contribution in [3.05, 3.63) is 35.6 Å². The lowest BCUT2D eigenvalue weighted by Crippen LogP contribution is -2.28. The summed E-state index contributed by atoms with van der Waals surface area (Å²) in [5, 5.41) is 3.76. The van der Waals surface area contributed by atoms with E-state index in [1.165, 1.54) is 44.1 Å². The second-order valence-corrected chi connectivity index (χ2v) is 6.38. The summed E-state index contributed by atoms with van der Waals surface area (Å²) in [6, 6.07) is 7.40. The molecule has 0 aliphatic heterocycles. The van der Waals surface area contributed by atoms with Crippen LogP contribution in [-0.4, -0.2) is 6.54 Å². The van der Waals surface area contributed by atoms with Crippen molar-refractivity contribution in [2.24, 2.45) is 5.41 Å². The van der Waals surface area contributed by atoms with E-state index in [-0.39, 0.29) is 5.82 Å². The third-order valence-corrected chi connectivity index (χ3v) is 4.58. The van der Waals surface area contributed by atoms with E-state index >= 15 is 0 Å². The van der Waals surface area contributed by atoms with Crippen LogP contribution in [0.3, 0.4) is 0 Å². The van der Waals surface area contributed by atoms with Gasteiger partial charge in [0, 0.05) is 12.6 Å². The summed E-state index contributed by atoms with van der Waals surface area (Å²) in [6.45, 7) is 5.61. The van der Waals surface area contributed by atoms with E-state index in [1.54, 1.807) is 12.1 Å². The summed E-state index contributed by atoms with van der Waals surface area (Å²) in [7, 11) is 0. The molecule has 0 amide bonds. The topological polar surface area (TPSA) is 12.0 Å². The van der Waals surface area contributed by atoms with Gasteiger partial charge in [-0.3, -0.25) is 0 Å². The van der Waals surface area contributed by atoms with Crippen molar-refractivity contribution in [3.8, 4) is 0 Å². The molecule has 1 aliphatic carbocycles. The molecule has 0 heterocycles. The molecule has 0 bridgehead atoms.